The quantitative estimate of drug-likeness (QED) is 0.586. The molecule has 1 aromatic heterocycles. The number of carbonyl (C=O) groups excluding carboxylic acids is 1. The van der Waals surface area contributed by atoms with Crippen molar-refractivity contribution < 1.29 is 17.6 Å². The van der Waals surface area contributed by atoms with Crippen LogP contribution in [0.3, 0.4) is 0 Å². The number of aromatic nitrogens is 1. The second kappa shape index (κ2) is 8.30. The second-order valence-electron chi connectivity index (χ2n) is 6.75. The van der Waals surface area contributed by atoms with Crippen molar-refractivity contribution in [2.75, 3.05) is 10.0 Å². The molecule has 2 N–H and O–H groups in total. The standard InChI is InChI=1S/C20H20FN3O3S2/c1-12(2)18-11-28-20(22-18)23-19(25)15-10-14(9-8-13(15)3)29(26,27)24-17-7-5-4-6-16(17)21/h4-12,24H,1-3H3,(H,22,23,25). The minimum Gasteiger partial charge on any atom is -0.298 e. The zero-order valence-corrected chi connectivity index (χ0v) is 17.7. The number of benzene rings is 2. The Morgan fingerprint density at radius 2 is 1.90 bits per heavy atom. The number of sulfonamides is 1. The van der Waals surface area contributed by atoms with Crippen LogP contribution >= 0.6 is 11.3 Å². The van der Waals surface area contributed by atoms with Crippen LogP contribution in [0.2, 0.25) is 0 Å². The molecule has 9 heteroatoms. The maximum absolute atomic E-state index is 13.8. The minimum atomic E-state index is -4.07. The van der Waals surface area contributed by atoms with Crippen LogP contribution in [0.15, 0.2) is 52.7 Å². The average Bonchev–Trinajstić information content (AvgIpc) is 3.12. The van der Waals surface area contributed by atoms with Crippen LogP contribution in [0, 0.1) is 12.7 Å². The first kappa shape index (κ1) is 20.9. The van der Waals surface area contributed by atoms with Crippen LogP contribution in [0.5, 0.6) is 0 Å². The van der Waals surface area contributed by atoms with Crippen molar-refractivity contribution in [1.29, 1.82) is 0 Å². The van der Waals surface area contributed by atoms with Gasteiger partial charge < -0.3 is 0 Å². The predicted molar refractivity (Wildman–Crippen MR) is 113 cm³/mol. The molecule has 1 heterocycles. The molecule has 0 fully saturated rings. The number of hydrogen-bond donors (Lipinski definition) is 2. The summed E-state index contributed by atoms with van der Waals surface area (Å²) in [5.41, 5.74) is 1.51. The zero-order chi connectivity index (χ0) is 21.2. The topological polar surface area (TPSA) is 88.2 Å². The molecule has 1 amide bonds. The summed E-state index contributed by atoms with van der Waals surface area (Å²) in [6, 6.07) is 9.64. The molecule has 0 radical (unpaired) electrons. The molecule has 0 aliphatic rings. The molecule has 0 saturated heterocycles. The monoisotopic (exact) mass is 433 g/mol. The fourth-order valence-corrected chi connectivity index (χ4v) is 4.49. The number of hydrogen-bond acceptors (Lipinski definition) is 5. The lowest BCUT2D eigenvalue weighted by molar-refractivity contribution is 0.102. The first-order valence-corrected chi connectivity index (χ1v) is 11.2. The molecular weight excluding hydrogens is 413 g/mol. The van der Waals surface area contributed by atoms with Crippen molar-refractivity contribution in [3.05, 3.63) is 70.5 Å². The van der Waals surface area contributed by atoms with Crippen molar-refractivity contribution in [2.45, 2.75) is 31.6 Å². The lowest BCUT2D eigenvalue weighted by Gasteiger charge is -2.11. The number of para-hydroxylation sites is 1. The molecule has 29 heavy (non-hydrogen) atoms. The van der Waals surface area contributed by atoms with E-state index in [1.807, 2.05) is 19.2 Å². The molecule has 2 aromatic carbocycles. The highest BCUT2D eigenvalue weighted by Crippen LogP contribution is 2.24. The van der Waals surface area contributed by atoms with Crippen LogP contribution in [0.4, 0.5) is 15.2 Å². The number of halogens is 1. The summed E-state index contributed by atoms with van der Waals surface area (Å²) in [4.78, 5) is 16.9. The van der Waals surface area contributed by atoms with E-state index in [1.54, 1.807) is 6.92 Å². The number of anilines is 2. The Hall–Kier alpha value is -2.78. The number of aryl methyl sites for hydroxylation is 1. The second-order valence-corrected chi connectivity index (χ2v) is 9.29. The molecule has 152 valence electrons. The summed E-state index contributed by atoms with van der Waals surface area (Å²) < 4.78 is 41.3. The summed E-state index contributed by atoms with van der Waals surface area (Å²) >= 11 is 1.30. The molecule has 0 bridgehead atoms. The fourth-order valence-electron chi connectivity index (χ4n) is 2.53. The first-order chi connectivity index (χ1) is 13.7. The Bertz CT molecular complexity index is 1160. The van der Waals surface area contributed by atoms with E-state index >= 15 is 0 Å². The average molecular weight is 434 g/mol. The van der Waals surface area contributed by atoms with Gasteiger partial charge in [-0.15, -0.1) is 11.3 Å². The van der Waals surface area contributed by atoms with Crippen LogP contribution in [-0.4, -0.2) is 19.3 Å². The van der Waals surface area contributed by atoms with Gasteiger partial charge in [0.1, 0.15) is 5.82 Å². The van der Waals surface area contributed by atoms with Crippen molar-refractivity contribution in [1.82, 2.24) is 4.98 Å². The molecular formula is C20H20FN3O3S2. The first-order valence-electron chi connectivity index (χ1n) is 8.82. The third kappa shape index (κ3) is 4.80. The zero-order valence-electron chi connectivity index (χ0n) is 16.1. The Balaban J connectivity index is 1.86. The van der Waals surface area contributed by atoms with Gasteiger partial charge in [-0.05, 0) is 42.7 Å². The largest absolute Gasteiger partial charge is 0.298 e. The Morgan fingerprint density at radius 3 is 2.55 bits per heavy atom. The molecule has 0 aliphatic carbocycles. The van der Waals surface area contributed by atoms with E-state index in [9.17, 15) is 17.6 Å². The lowest BCUT2D eigenvalue weighted by atomic mass is 10.1. The number of nitrogens with one attached hydrogen (secondary N) is 2. The summed E-state index contributed by atoms with van der Waals surface area (Å²) in [5, 5.41) is 5.01. The van der Waals surface area contributed by atoms with E-state index in [2.05, 4.69) is 15.0 Å². The van der Waals surface area contributed by atoms with E-state index in [4.69, 9.17) is 0 Å². The van der Waals surface area contributed by atoms with E-state index in [0.29, 0.717) is 10.7 Å². The van der Waals surface area contributed by atoms with Crippen LogP contribution in [-0.2, 0) is 10.0 Å². The van der Waals surface area contributed by atoms with Gasteiger partial charge in [0.05, 0.1) is 16.3 Å². The maximum Gasteiger partial charge on any atom is 0.262 e. The van der Waals surface area contributed by atoms with Gasteiger partial charge in [0, 0.05) is 10.9 Å². The van der Waals surface area contributed by atoms with Crippen LogP contribution in [0.25, 0.3) is 0 Å². The molecule has 3 aromatic rings. The van der Waals surface area contributed by atoms with E-state index in [-0.39, 0.29) is 22.1 Å². The molecule has 0 spiro atoms. The Labute approximate surface area is 172 Å². The highest BCUT2D eigenvalue weighted by Gasteiger charge is 2.20. The third-order valence-corrected chi connectivity index (χ3v) is 6.36. The number of amides is 1. The number of rotatable bonds is 6. The summed E-state index contributed by atoms with van der Waals surface area (Å²) in [6.07, 6.45) is 0. The number of thiazole rings is 1. The fraction of sp³-hybridized carbons (Fsp3) is 0.200. The summed E-state index contributed by atoms with van der Waals surface area (Å²) in [6.45, 7) is 5.71. The minimum absolute atomic E-state index is 0.140. The van der Waals surface area contributed by atoms with Crippen molar-refractivity contribution in [3.63, 3.8) is 0 Å². The van der Waals surface area contributed by atoms with Crippen molar-refractivity contribution in [3.8, 4) is 0 Å². The van der Waals surface area contributed by atoms with Gasteiger partial charge in [-0.1, -0.05) is 32.0 Å². The molecule has 0 unspecified atom stereocenters. The number of carbonyl (C=O) groups is 1. The predicted octanol–water partition coefficient (Wildman–Crippen LogP) is 4.77. The van der Waals surface area contributed by atoms with Gasteiger partial charge in [-0.2, -0.15) is 0 Å². The van der Waals surface area contributed by atoms with Gasteiger partial charge in [0.2, 0.25) is 0 Å². The van der Waals surface area contributed by atoms with Crippen molar-refractivity contribution >= 4 is 38.1 Å². The smallest absolute Gasteiger partial charge is 0.262 e. The Kier molecular flexibility index (Phi) is 5.99. The summed E-state index contributed by atoms with van der Waals surface area (Å²) in [5.74, 6) is -0.919. The van der Waals surface area contributed by atoms with Crippen LogP contribution in [0.1, 0.15) is 41.4 Å². The van der Waals surface area contributed by atoms with Crippen LogP contribution < -0.4 is 10.0 Å². The normalized spacial score (nSPS) is 11.5. The van der Waals surface area contributed by atoms with Crippen molar-refractivity contribution in [2.24, 2.45) is 0 Å². The van der Waals surface area contributed by atoms with E-state index in [1.165, 1.54) is 47.7 Å². The molecule has 6 nitrogen and oxygen atoms in total. The van der Waals surface area contributed by atoms with Gasteiger partial charge in [-0.25, -0.2) is 17.8 Å². The molecule has 0 aliphatic heterocycles. The molecule has 3 rings (SSSR count). The number of nitrogens with zero attached hydrogens (tertiary/aromatic N) is 1. The molecule has 0 atom stereocenters. The van der Waals surface area contributed by atoms with E-state index < -0.39 is 21.7 Å². The summed E-state index contributed by atoms with van der Waals surface area (Å²) in [7, 11) is -4.07. The van der Waals surface area contributed by atoms with Gasteiger partial charge in [-0.3, -0.25) is 14.8 Å². The highest BCUT2D eigenvalue weighted by molar-refractivity contribution is 7.92. The SMILES string of the molecule is Cc1ccc(S(=O)(=O)Nc2ccccc2F)cc1C(=O)Nc1nc(C(C)C)cs1. The molecule has 0 saturated carbocycles. The van der Waals surface area contributed by atoms with Gasteiger partial charge in [0.25, 0.3) is 15.9 Å². The maximum atomic E-state index is 13.8. The van der Waals surface area contributed by atoms with E-state index in [0.717, 1.165) is 11.8 Å². The lowest BCUT2D eigenvalue weighted by Crippen LogP contribution is -2.17. The van der Waals surface area contributed by atoms with Gasteiger partial charge in [0.15, 0.2) is 5.13 Å². The highest BCUT2D eigenvalue weighted by atomic mass is 32.2. The van der Waals surface area contributed by atoms with Gasteiger partial charge >= 0.3 is 0 Å². The Morgan fingerprint density at radius 1 is 1.17 bits per heavy atom. The third-order valence-electron chi connectivity index (χ3n) is 4.22.